The lowest BCUT2D eigenvalue weighted by molar-refractivity contribution is -0.123. The number of nitrogens with zero attached hydrogens (tertiary/aromatic N) is 3. The summed E-state index contributed by atoms with van der Waals surface area (Å²) >= 11 is 1.51. The molecule has 2 saturated heterocycles. The number of carbonyl (C=O) groups is 2. The zero-order valence-corrected chi connectivity index (χ0v) is 20.0. The maximum Gasteiger partial charge on any atom is 0.290 e. The molecule has 4 aromatic rings. The predicted molar refractivity (Wildman–Crippen MR) is 132 cm³/mol. The molecule has 3 atom stereocenters. The minimum absolute atomic E-state index is 0.0701. The largest absolute Gasteiger partial charge is 0.483 e. The van der Waals surface area contributed by atoms with E-state index in [2.05, 4.69) is 26.3 Å². The van der Waals surface area contributed by atoms with Gasteiger partial charge < -0.3 is 19.6 Å². The predicted octanol–water partition coefficient (Wildman–Crippen LogP) is 4.56. The number of rotatable bonds is 5. The molecule has 0 saturated carbocycles. The van der Waals surface area contributed by atoms with Gasteiger partial charge in [0.1, 0.15) is 22.6 Å². The Morgan fingerprint density at radius 1 is 1.29 bits per heavy atom. The molecule has 0 aliphatic carbocycles. The fraction of sp³-hybridized carbons (Fsp3) is 0.360. The Kier molecular flexibility index (Phi) is 6.65. The molecule has 6 rings (SSSR count). The van der Waals surface area contributed by atoms with Gasteiger partial charge >= 0.3 is 0 Å². The summed E-state index contributed by atoms with van der Waals surface area (Å²) < 4.78 is 13.2. The number of hydrogen-bond donors (Lipinski definition) is 2. The second-order valence-corrected chi connectivity index (χ2v) is 9.86. The smallest absolute Gasteiger partial charge is 0.290 e. The van der Waals surface area contributed by atoms with Gasteiger partial charge in [-0.2, -0.15) is 0 Å². The van der Waals surface area contributed by atoms with Gasteiger partial charge in [-0.25, -0.2) is 4.98 Å². The van der Waals surface area contributed by atoms with Crippen LogP contribution in [0.1, 0.15) is 38.4 Å². The second-order valence-electron chi connectivity index (χ2n) is 8.87. The SMILES string of the molecule is CC(=O)NC1C[C@H]2CC[C@@H](C1)N2Cc1cc2cc(Oc3nc4cnccc4s3)ccc2o1.O=CO. The second kappa shape index (κ2) is 10.0. The Morgan fingerprint density at radius 2 is 2.06 bits per heavy atom. The molecule has 2 N–H and O–H groups in total. The van der Waals surface area contributed by atoms with E-state index in [1.54, 1.807) is 19.3 Å². The summed E-state index contributed by atoms with van der Waals surface area (Å²) in [6.45, 7) is 2.16. The van der Waals surface area contributed by atoms with E-state index in [9.17, 15) is 4.79 Å². The molecule has 2 bridgehead atoms. The highest BCUT2D eigenvalue weighted by molar-refractivity contribution is 7.20. The monoisotopic (exact) mass is 494 g/mol. The Bertz CT molecular complexity index is 1310. The van der Waals surface area contributed by atoms with Gasteiger partial charge in [-0.1, -0.05) is 11.3 Å². The number of carboxylic acid groups (broad SMARTS) is 1. The van der Waals surface area contributed by atoms with Crippen LogP contribution in [0.5, 0.6) is 10.9 Å². The number of benzene rings is 1. The number of amides is 1. The van der Waals surface area contributed by atoms with Crippen molar-refractivity contribution >= 4 is 44.9 Å². The van der Waals surface area contributed by atoms with Gasteiger partial charge in [0.15, 0.2) is 0 Å². The number of carbonyl (C=O) groups excluding carboxylic acids is 1. The molecule has 2 aliphatic rings. The van der Waals surface area contributed by atoms with Crippen LogP contribution in [0.25, 0.3) is 21.2 Å². The molecule has 5 heterocycles. The van der Waals surface area contributed by atoms with Gasteiger partial charge in [-0.05, 0) is 56.0 Å². The number of hydrogen-bond acceptors (Lipinski definition) is 8. The van der Waals surface area contributed by atoms with E-state index in [0.717, 1.165) is 52.1 Å². The Balaban J connectivity index is 0.000000806. The lowest BCUT2D eigenvalue weighted by Crippen LogP contribution is -2.49. The molecule has 3 aromatic heterocycles. The van der Waals surface area contributed by atoms with Crippen molar-refractivity contribution in [3.63, 3.8) is 0 Å². The summed E-state index contributed by atoms with van der Waals surface area (Å²) in [6, 6.07) is 11.3. The van der Waals surface area contributed by atoms with Crippen LogP contribution in [0.3, 0.4) is 0 Å². The quantitative estimate of drug-likeness (QED) is 0.388. The van der Waals surface area contributed by atoms with E-state index in [1.807, 2.05) is 24.3 Å². The van der Waals surface area contributed by atoms with Crippen LogP contribution in [-0.4, -0.2) is 50.5 Å². The summed E-state index contributed by atoms with van der Waals surface area (Å²) in [7, 11) is 0. The Labute approximate surface area is 205 Å². The average molecular weight is 495 g/mol. The van der Waals surface area contributed by atoms with Crippen molar-refractivity contribution < 1.29 is 23.8 Å². The van der Waals surface area contributed by atoms with Crippen molar-refractivity contribution in [3.8, 4) is 10.9 Å². The molecule has 0 radical (unpaired) electrons. The van der Waals surface area contributed by atoms with Crippen LogP contribution in [0.4, 0.5) is 0 Å². The fourth-order valence-electron chi connectivity index (χ4n) is 5.24. The maximum absolute atomic E-state index is 11.4. The number of aromatic nitrogens is 2. The summed E-state index contributed by atoms with van der Waals surface area (Å²) in [6.07, 6.45) is 7.93. The summed E-state index contributed by atoms with van der Waals surface area (Å²) in [5.41, 5.74) is 1.71. The minimum Gasteiger partial charge on any atom is -0.483 e. The van der Waals surface area contributed by atoms with Crippen LogP contribution in [-0.2, 0) is 16.1 Å². The van der Waals surface area contributed by atoms with Crippen molar-refractivity contribution in [1.29, 1.82) is 0 Å². The average Bonchev–Trinajstić information content (AvgIpc) is 3.47. The molecule has 2 aliphatic heterocycles. The van der Waals surface area contributed by atoms with Gasteiger partial charge in [0.2, 0.25) is 5.91 Å². The zero-order valence-electron chi connectivity index (χ0n) is 19.2. The first-order chi connectivity index (χ1) is 17.0. The Morgan fingerprint density at radius 3 is 2.77 bits per heavy atom. The van der Waals surface area contributed by atoms with Crippen molar-refractivity contribution in [1.82, 2.24) is 20.2 Å². The van der Waals surface area contributed by atoms with Crippen LogP contribution in [0, 0.1) is 0 Å². The normalized spacial score (nSPS) is 21.5. The van der Waals surface area contributed by atoms with Crippen LogP contribution < -0.4 is 10.1 Å². The molecule has 1 aromatic carbocycles. The number of pyridine rings is 1. The summed E-state index contributed by atoms with van der Waals surface area (Å²) in [4.78, 5) is 31.0. The van der Waals surface area contributed by atoms with E-state index < -0.39 is 0 Å². The van der Waals surface area contributed by atoms with Gasteiger partial charge in [0.05, 0.1) is 17.4 Å². The number of piperidine rings is 1. The van der Waals surface area contributed by atoms with Gasteiger partial charge in [0, 0.05) is 36.6 Å². The highest BCUT2D eigenvalue weighted by atomic mass is 32.1. The number of furan rings is 1. The van der Waals surface area contributed by atoms with Crippen LogP contribution in [0.2, 0.25) is 0 Å². The first-order valence-corrected chi connectivity index (χ1v) is 12.4. The third-order valence-electron chi connectivity index (χ3n) is 6.54. The fourth-order valence-corrected chi connectivity index (χ4v) is 6.04. The number of ether oxygens (including phenoxy) is 1. The third-order valence-corrected chi connectivity index (χ3v) is 7.46. The van der Waals surface area contributed by atoms with E-state index in [1.165, 1.54) is 24.2 Å². The molecule has 182 valence electrons. The standard InChI is InChI=1S/C24H24N4O3S.CH2O2/c1-14(29)26-16-10-17-2-3-18(11-16)28(17)13-20-9-15-8-19(4-5-22(15)30-20)31-24-27-21-12-25-7-6-23(21)32-24;2-1-3/h4-9,12,16-18H,2-3,10-11,13H2,1H3,(H,26,29);1H,(H,2,3)/t16?,17-,18+;. The van der Waals surface area contributed by atoms with Gasteiger partial charge in [-0.3, -0.25) is 19.5 Å². The minimum atomic E-state index is -0.250. The maximum atomic E-state index is 11.4. The topological polar surface area (TPSA) is 118 Å². The van der Waals surface area contributed by atoms with Crippen molar-refractivity contribution in [2.75, 3.05) is 0 Å². The van der Waals surface area contributed by atoms with Gasteiger partial charge in [0.25, 0.3) is 11.7 Å². The lowest BCUT2D eigenvalue weighted by atomic mass is 9.97. The Hall–Kier alpha value is -3.50. The molecule has 10 heteroatoms. The number of fused-ring (bicyclic) bond motifs is 4. The van der Waals surface area contributed by atoms with Crippen LogP contribution in [0.15, 0.2) is 47.1 Å². The first-order valence-electron chi connectivity index (χ1n) is 11.5. The molecule has 9 nitrogen and oxygen atoms in total. The molecule has 2 fully saturated rings. The zero-order chi connectivity index (χ0) is 24.4. The number of nitrogens with one attached hydrogen (secondary N) is 1. The van der Waals surface area contributed by atoms with Crippen LogP contribution >= 0.6 is 11.3 Å². The third kappa shape index (κ3) is 5.13. The van der Waals surface area contributed by atoms with Crippen molar-refractivity contribution in [2.45, 2.75) is 57.3 Å². The van der Waals surface area contributed by atoms with Crippen molar-refractivity contribution in [2.24, 2.45) is 0 Å². The molecular weight excluding hydrogens is 468 g/mol. The van der Waals surface area contributed by atoms with E-state index in [4.69, 9.17) is 19.1 Å². The molecule has 0 spiro atoms. The first kappa shape index (κ1) is 23.3. The summed E-state index contributed by atoms with van der Waals surface area (Å²) in [5, 5.41) is 11.6. The molecule has 1 amide bonds. The van der Waals surface area contributed by atoms with Gasteiger partial charge in [-0.15, -0.1) is 0 Å². The summed E-state index contributed by atoms with van der Waals surface area (Å²) in [5.74, 6) is 1.78. The lowest BCUT2D eigenvalue weighted by Gasteiger charge is -2.38. The molecule has 1 unspecified atom stereocenters. The highest BCUT2D eigenvalue weighted by Gasteiger charge is 2.41. The van der Waals surface area contributed by atoms with Crippen molar-refractivity contribution in [3.05, 3.63) is 48.5 Å². The van der Waals surface area contributed by atoms with E-state index >= 15 is 0 Å². The highest BCUT2D eigenvalue weighted by Crippen LogP contribution is 2.38. The number of thiazole rings is 1. The molecular formula is C25H26N4O5S. The van der Waals surface area contributed by atoms with E-state index in [-0.39, 0.29) is 12.4 Å². The van der Waals surface area contributed by atoms with E-state index in [0.29, 0.717) is 23.3 Å². The molecule has 35 heavy (non-hydrogen) atoms.